The van der Waals surface area contributed by atoms with Crippen molar-refractivity contribution in [3.8, 4) is 17.5 Å². The Labute approximate surface area is 179 Å². The summed E-state index contributed by atoms with van der Waals surface area (Å²) in [5, 5.41) is 12.6. The summed E-state index contributed by atoms with van der Waals surface area (Å²) in [7, 11) is 1.48. The highest BCUT2D eigenvalue weighted by Crippen LogP contribution is 2.28. The van der Waals surface area contributed by atoms with Gasteiger partial charge in [0.05, 0.1) is 12.8 Å². The van der Waals surface area contributed by atoms with Crippen molar-refractivity contribution in [3.63, 3.8) is 0 Å². The number of aryl methyl sites for hydroxylation is 1. The van der Waals surface area contributed by atoms with Crippen LogP contribution in [0.2, 0.25) is 5.02 Å². The zero-order valence-electron chi connectivity index (χ0n) is 16.7. The van der Waals surface area contributed by atoms with Gasteiger partial charge in [-0.1, -0.05) is 11.6 Å². The van der Waals surface area contributed by atoms with Crippen molar-refractivity contribution in [2.45, 2.75) is 13.8 Å². The summed E-state index contributed by atoms with van der Waals surface area (Å²) < 4.78 is 20.4. The predicted octanol–water partition coefficient (Wildman–Crippen LogP) is 5.44. The number of aromatic nitrogens is 1. The molecule has 7 heteroatoms. The van der Waals surface area contributed by atoms with Gasteiger partial charge >= 0.3 is 0 Å². The van der Waals surface area contributed by atoms with Gasteiger partial charge in [0.1, 0.15) is 23.2 Å². The number of hydrogen-bond acceptors (Lipinski definition) is 3. The Morgan fingerprint density at radius 3 is 2.53 bits per heavy atom. The van der Waals surface area contributed by atoms with Crippen LogP contribution in [0.5, 0.6) is 5.75 Å². The van der Waals surface area contributed by atoms with Crippen LogP contribution < -0.4 is 10.1 Å². The van der Waals surface area contributed by atoms with Crippen LogP contribution >= 0.6 is 11.6 Å². The molecule has 0 spiro atoms. The van der Waals surface area contributed by atoms with Gasteiger partial charge < -0.3 is 14.6 Å². The molecule has 0 bridgehead atoms. The third kappa shape index (κ3) is 4.37. The van der Waals surface area contributed by atoms with Crippen LogP contribution in [-0.2, 0) is 4.79 Å². The van der Waals surface area contributed by atoms with Crippen LogP contribution in [0.15, 0.2) is 54.1 Å². The van der Waals surface area contributed by atoms with Crippen LogP contribution in [-0.4, -0.2) is 17.6 Å². The third-order valence-electron chi connectivity index (χ3n) is 4.63. The van der Waals surface area contributed by atoms with E-state index in [0.29, 0.717) is 22.0 Å². The Morgan fingerprint density at radius 2 is 1.90 bits per heavy atom. The molecule has 3 aromatic rings. The summed E-state index contributed by atoms with van der Waals surface area (Å²) in [6, 6.07) is 14.7. The molecule has 3 rings (SSSR count). The number of hydrogen-bond donors (Lipinski definition) is 1. The van der Waals surface area contributed by atoms with Gasteiger partial charge in [-0.3, -0.25) is 4.79 Å². The minimum Gasteiger partial charge on any atom is -0.495 e. The molecule has 1 amide bonds. The lowest BCUT2D eigenvalue weighted by molar-refractivity contribution is -0.112. The number of rotatable bonds is 5. The summed E-state index contributed by atoms with van der Waals surface area (Å²) >= 11 is 6.00. The monoisotopic (exact) mass is 423 g/mol. The molecule has 0 aliphatic rings. The van der Waals surface area contributed by atoms with Gasteiger partial charge in [-0.15, -0.1) is 0 Å². The number of nitrogens with one attached hydrogen (secondary N) is 1. The van der Waals surface area contributed by atoms with Crippen LogP contribution in [0.3, 0.4) is 0 Å². The number of carbonyl (C=O) groups is 1. The van der Waals surface area contributed by atoms with Gasteiger partial charge in [-0.25, -0.2) is 4.39 Å². The Balaban J connectivity index is 1.94. The van der Waals surface area contributed by atoms with E-state index in [4.69, 9.17) is 16.3 Å². The Kier molecular flexibility index (Phi) is 6.24. The average Bonchev–Trinajstić information content (AvgIpc) is 3.00. The average molecular weight is 424 g/mol. The lowest BCUT2D eigenvalue weighted by Gasteiger charge is -2.10. The Hall–Kier alpha value is -3.56. The molecule has 0 radical (unpaired) electrons. The number of methoxy groups -OCH3 is 1. The van der Waals surface area contributed by atoms with Crippen molar-refractivity contribution in [1.29, 1.82) is 5.26 Å². The van der Waals surface area contributed by atoms with E-state index in [1.54, 1.807) is 30.3 Å². The lowest BCUT2D eigenvalue weighted by atomic mass is 10.1. The van der Waals surface area contributed by atoms with Crippen LogP contribution in [0.1, 0.15) is 17.0 Å². The molecule has 0 aliphatic carbocycles. The highest BCUT2D eigenvalue weighted by atomic mass is 35.5. The number of halogens is 2. The van der Waals surface area contributed by atoms with Gasteiger partial charge in [0.2, 0.25) is 0 Å². The summed E-state index contributed by atoms with van der Waals surface area (Å²) in [6.45, 7) is 3.77. The van der Waals surface area contributed by atoms with Gasteiger partial charge in [-0.2, -0.15) is 5.26 Å². The molecule has 1 heterocycles. The van der Waals surface area contributed by atoms with E-state index in [1.165, 1.54) is 25.3 Å². The minimum absolute atomic E-state index is 0.0728. The molecule has 5 nitrogen and oxygen atoms in total. The molecule has 30 heavy (non-hydrogen) atoms. The van der Waals surface area contributed by atoms with Crippen molar-refractivity contribution < 1.29 is 13.9 Å². The highest BCUT2D eigenvalue weighted by Gasteiger charge is 2.16. The van der Waals surface area contributed by atoms with Gasteiger partial charge in [0.25, 0.3) is 5.91 Å². The molecule has 0 fully saturated rings. The van der Waals surface area contributed by atoms with E-state index in [9.17, 15) is 14.4 Å². The van der Waals surface area contributed by atoms with Crippen molar-refractivity contribution in [1.82, 2.24) is 4.57 Å². The van der Waals surface area contributed by atoms with Crippen molar-refractivity contribution in [3.05, 3.63) is 81.9 Å². The topological polar surface area (TPSA) is 67.0 Å². The fraction of sp³-hybridized carbons (Fsp3) is 0.130. The molecule has 0 atom stereocenters. The zero-order chi connectivity index (χ0) is 21.8. The molecule has 152 valence electrons. The summed E-state index contributed by atoms with van der Waals surface area (Å²) in [5.74, 6) is -0.467. The standard InChI is InChI=1S/C23H19ClFN3O2/c1-14-10-16(15(2)28(14)20-7-5-19(25)6-8-20)11-17(13-26)23(29)27-21-12-18(24)4-9-22(21)30-3/h4-12H,1-3H3,(H,27,29)/b17-11+. The van der Waals surface area contributed by atoms with E-state index in [1.807, 2.05) is 30.6 Å². The number of anilines is 1. The zero-order valence-corrected chi connectivity index (χ0v) is 17.4. The molecule has 0 unspecified atom stereocenters. The molecule has 0 saturated heterocycles. The van der Waals surface area contributed by atoms with E-state index >= 15 is 0 Å². The van der Waals surface area contributed by atoms with E-state index in [-0.39, 0.29) is 11.4 Å². The molecule has 0 aliphatic heterocycles. The van der Waals surface area contributed by atoms with Crippen molar-refractivity contribution >= 4 is 29.3 Å². The summed E-state index contributed by atoms with van der Waals surface area (Å²) in [4.78, 5) is 12.7. The number of amides is 1. The number of benzene rings is 2. The molecule has 2 aromatic carbocycles. The number of ether oxygens (including phenoxy) is 1. The van der Waals surface area contributed by atoms with E-state index < -0.39 is 5.91 Å². The van der Waals surface area contributed by atoms with Gasteiger partial charge in [0.15, 0.2) is 0 Å². The minimum atomic E-state index is -0.579. The van der Waals surface area contributed by atoms with Crippen molar-refractivity contribution in [2.75, 3.05) is 12.4 Å². The maximum Gasteiger partial charge on any atom is 0.266 e. The Morgan fingerprint density at radius 1 is 1.20 bits per heavy atom. The smallest absolute Gasteiger partial charge is 0.266 e. The molecular formula is C23H19ClFN3O2. The predicted molar refractivity (Wildman–Crippen MR) is 115 cm³/mol. The van der Waals surface area contributed by atoms with E-state index in [2.05, 4.69) is 5.32 Å². The van der Waals surface area contributed by atoms with Crippen LogP contribution in [0, 0.1) is 31.0 Å². The lowest BCUT2D eigenvalue weighted by Crippen LogP contribution is -2.14. The summed E-state index contributed by atoms with van der Waals surface area (Å²) in [6.07, 6.45) is 1.52. The number of nitriles is 1. The first kappa shape index (κ1) is 21.2. The van der Waals surface area contributed by atoms with E-state index in [0.717, 1.165) is 17.1 Å². The highest BCUT2D eigenvalue weighted by molar-refractivity contribution is 6.31. The third-order valence-corrected chi connectivity index (χ3v) is 4.86. The number of carbonyl (C=O) groups excluding carboxylic acids is 1. The molecular weight excluding hydrogens is 405 g/mol. The van der Waals surface area contributed by atoms with Gasteiger partial charge in [0, 0.05) is 22.1 Å². The normalized spacial score (nSPS) is 11.1. The molecule has 1 aromatic heterocycles. The first-order valence-corrected chi connectivity index (χ1v) is 9.43. The second-order valence-corrected chi connectivity index (χ2v) is 7.04. The summed E-state index contributed by atoms with van der Waals surface area (Å²) in [5.41, 5.74) is 3.50. The first-order chi connectivity index (χ1) is 14.3. The van der Waals surface area contributed by atoms with Crippen LogP contribution in [0.25, 0.3) is 11.8 Å². The number of nitrogens with zero attached hydrogens (tertiary/aromatic N) is 2. The molecule has 1 N–H and O–H groups in total. The first-order valence-electron chi connectivity index (χ1n) is 9.05. The van der Waals surface area contributed by atoms with Crippen LogP contribution in [0.4, 0.5) is 10.1 Å². The van der Waals surface area contributed by atoms with Gasteiger partial charge in [-0.05, 0) is 74.0 Å². The second-order valence-electron chi connectivity index (χ2n) is 6.61. The fourth-order valence-electron chi connectivity index (χ4n) is 3.19. The maximum atomic E-state index is 13.3. The fourth-order valence-corrected chi connectivity index (χ4v) is 3.36. The van der Waals surface area contributed by atoms with Crippen molar-refractivity contribution in [2.24, 2.45) is 0 Å². The SMILES string of the molecule is COc1ccc(Cl)cc1NC(=O)/C(C#N)=C/c1cc(C)n(-c2ccc(F)cc2)c1C. The maximum absolute atomic E-state index is 13.3. The largest absolute Gasteiger partial charge is 0.495 e. The Bertz CT molecular complexity index is 1170. The molecule has 0 saturated carbocycles. The second kappa shape index (κ2) is 8.85. The quantitative estimate of drug-likeness (QED) is 0.439.